The zero-order valence-electron chi connectivity index (χ0n) is 10.8. The van der Waals surface area contributed by atoms with Crippen LogP contribution >= 0.6 is 0 Å². The number of nitrogens with one attached hydrogen (secondary N) is 2. The van der Waals surface area contributed by atoms with Crippen molar-refractivity contribution < 1.29 is 26.4 Å². The number of halogens is 3. The van der Waals surface area contributed by atoms with Gasteiger partial charge >= 0.3 is 0 Å². The molecule has 0 unspecified atom stereocenters. The fourth-order valence-corrected chi connectivity index (χ4v) is 2.56. The zero-order chi connectivity index (χ0) is 16.3. The van der Waals surface area contributed by atoms with Gasteiger partial charge in [-0.2, -0.15) is 0 Å². The summed E-state index contributed by atoms with van der Waals surface area (Å²) in [7, 11) is -4.64. The maximum absolute atomic E-state index is 13.4. The first kappa shape index (κ1) is 16.0. The first-order chi connectivity index (χ1) is 10.3. The van der Waals surface area contributed by atoms with Crippen molar-refractivity contribution in [2.24, 2.45) is 0 Å². The molecule has 1 amide bonds. The maximum atomic E-state index is 13.4. The van der Waals surface area contributed by atoms with Crippen molar-refractivity contribution >= 4 is 15.9 Å². The summed E-state index contributed by atoms with van der Waals surface area (Å²) in [5.41, 5.74) is 1.74. The average molecular weight is 330 g/mol. The molecule has 2 aromatic rings. The van der Waals surface area contributed by atoms with Crippen molar-refractivity contribution in [3.05, 3.63) is 65.5 Å². The molecule has 0 spiro atoms. The van der Waals surface area contributed by atoms with Gasteiger partial charge in [0.05, 0.1) is 0 Å². The number of carbonyl (C=O) groups excluding carboxylic acids is 1. The lowest BCUT2D eigenvalue weighted by Gasteiger charge is -2.09. The van der Waals surface area contributed by atoms with Crippen LogP contribution in [0.3, 0.4) is 0 Å². The Hall–Kier alpha value is -2.39. The van der Waals surface area contributed by atoms with Gasteiger partial charge in [-0.3, -0.25) is 10.2 Å². The molecule has 5 nitrogen and oxygen atoms in total. The number of carbonyl (C=O) groups is 1. The molecule has 116 valence electrons. The van der Waals surface area contributed by atoms with Crippen LogP contribution in [-0.4, -0.2) is 14.3 Å². The monoisotopic (exact) mass is 330 g/mol. The molecule has 0 radical (unpaired) electrons. The Morgan fingerprint density at radius 1 is 0.909 bits per heavy atom. The van der Waals surface area contributed by atoms with E-state index < -0.39 is 38.3 Å². The van der Waals surface area contributed by atoms with E-state index in [1.165, 1.54) is 0 Å². The van der Waals surface area contributed by atoms with Crippen molar-refractivity contribution in [1.29, 1.82) is 0 Å². The minimum Gasteiger partial charge on any atom is -0.273 e. The average Bonchev–Trinajstić information content (AvgIpc) is 2.45. The predicted octanol–water partition coefficient (Wildman–Crippen LogP) is 1.73. The molecule has 0 aliphatic heterocycles. The van der Waals surface area contributed by atoms with Crippen LogP contribution in [0, 0.1) is 17.5 Å². The van der Waals surface area contributed by atoms with Crippen LogP contribution < -0.4 is 10.3 Å². The van der Waals surface area contributed by atoms with Crippen LogP contribution in [0.4, 0.5) is 13.2 Å². The van der Waals surface area contributed by atoms with Crippen molar-refractivity contribution in [3.8, 4) is 0 Å². The molecule has 0 saturated carbocycles. The molecule has 9 heteroatoms. The fraction of sp³-hybridized carbons (Fsp3) is 0. The fourth-order valence-electron chi connectivity index (χ4n) is 1.58. The van der Waals surface area contributed by atoms with Crippen LogP contribution in [0.5, 0.6) is 0 Å². The highest BCUT2D eigenvalue weighted by molar-refractivity contribution is 7.89. The highest BCUT2D eigenvalue weighted by Crippen LogP contribution is 2.17. The van der Waals surface area contributed by atoms with Crippen LogP contribution in [0.25, 0.3) is 0 Å². The third-order valence-electron chi connectivity index (χ3n) is 2.59. The summed E-state index contributed by atoms with van der Waals surface area (Å²) in [6.45, 7) is 0. The zero-order valence-corrected chi connectivity index (χ0v) is 11.6. The summed E-state index contributed by atoms with van der Waals surface area (Å²) in [5.74, 6) is -4.10. The Kier molecular flexibility index (Phi) is 4.48. The van der Waals surface area contributed by atoms with Gasteiger partial charge in [-0.05, 0) is 36.4 Å². The third-order valence-corrected chi connectivity index (χ3v) is 3.89. The highest BCUT2D eigenvalue weighted by Gasteiger charge is 2.24. The van der Waals surface area contributed by atoms with E-state index in [1.54, 1.807) is 10.3 Å². The van der Waals surface area contributed by atoms with Gasteiger partial charge in [0.25, 0.3) is 15.9 Å². The predicted molar refractivity (Wildman–Crippen MR) is 70.5 cm³/mol. The van der Waals surface area contributed by atoms with E-state index in [4.69, 9.17) is 0 Å². The summed E-state index contributed by atoms with van der Waals surface area (Å²) in [6, 6.07) is 6.75. The molecule has 2 rings (SSSR count). The van der Waals surface area contributed by atoms with Gasteiger partial charge in [-0.25, -0.2) is 21.6 Å². The van der Waals surface area contributed by atoms with E-state index in [2.05, 4.69) is 0 Å². The van der Waals surface area contributed by atoms with Gasteiger partial charge in [-0.15, -0.1) is 4.83 Å². The number of hydrazine groups is 1. The van der Waals surface area contributed by atoms with Gasteiger partial charge in [0, 0.05) is 5.56 Å². The molecular formula is C13H9F3N2O3S. The van der Waals surface area contributed by atoms with Gasteiger partial charge in [0.15, 0.2) is 4.90 Å². The number of hydrogen-bond acceptors (Lipinski definition) is 3. The lowest BCUT2D eigenvalue weighted by molar-refractivity contribution is 0.0945. The van der Waals surface area contributed by atoms with Crippen LogP contribution in [-0.2, 0) is 10.0 Å². The summed E-state index contributed by atoms with van der Waals surface area (Å²) in [5, 5.41) is 0. The number of benzene rings is 2. The van der Waals surface area contributed by atoms with Crippen LogP contribution in [0.2, 0.25) is 0 Å². The number of hydrogen-bond donors (Lipinski definition) is 2. The normalized spacial score (nSPS) is 11.2. The molecule has 0 aliphatic rings. The highest BCUT2D eigenvalue weighted by atomic mass is 32.2. The molecule has 0 atom stereocenters. The van der Waals surface area contributed by atoms with E-state index in [-0.39, 0.29) is 5.56 Å². The molecular weight excluding hydrogens is 321 g/mol. The summed E-state index contributed by atoms with van der Waals surface area (Å²) in [4.78, 5) is 12.0. The maximum Gasteiger partial charge on any atom is 0.266 e. The Morgan fingerprint density at radius 3 is 2.00 bits per heavy atom. The van der Waals surface area contributed by atoms with Crippen LogP contribution in [0.1, 0.15) is 10.4 Å². The summed E-state index contributed by atoms with van der Waals surface area (Å²) < 4.78 is 63.2. The summed E-state index contributed by atoms with van der Waals surface area (Å²) in [6.07, 6.45) is 0. The first-order valence-electron chi connectivity index (χ1n) is 5.83. The Balaban J connectivity index is 2.16. The molecule has 0 bridgehead atoms. The largest absolute Gasteiger partial charge is 0.273 e. The van der Waals surface area contributed by atoms with Gasteiger partial charge < -0.3 is 0 Å². The molecule has 2 aromatic carbocycles. The van der Waals surface area contributed by atoms with E-state index >= 15 is 0 Å². The quantitative estimate of drug-likeness (QED) is 0.839. The lowest BCUT2D eigenvalue weighted by atomic mass is 10.2. The van der Waals surface area contributed by atoms with E-state index in [1.807, 2.05) is 0 Å². The van der Waals surface area contributed by atoms with Crippen molar-refractivity contribution in [2.75, 3.05) is 0 Å². The standard InChI is InChI=1S/C13H9F3N2O3S/c14-9-6-4-8(5-7-9)13(19)17-18-22(20,21)12-10(15)2-1-3-11(12)16/h1-7,18H,(H,17,19). The van der Waals surface area contributed by atoms with E-state index in [0.29, 0.717) is 0 Å². The molecule has 0 saturated heterocycles. The van der Waals surface area contributed by atoms with Crippen molar-refractivity contribution in [1.82, 2.24) is 10.3 Å². The summed E-state index contributed by atoms with van der Waals surface area (Å²) >= 11 is 0. The van der Waals surface area contributed by atoms with Crippen molar-refractivity contribution in [2.45, 2.75) is 4.90 Å². The molecule has 0 fully saturated rings. The van der Waals surface area contributed by atoms with Crippen molar-refractivity contribution in [3.63, 3.8) is 0 Å². The topological polar surface area (TPSA) is 75.3 Å². The van der Waals surface area contributed by atoms with Gasteiger partial charge in [0.1, 0.15) is 17.5 Å². The number of amides is 1. The number of rotatable bonds is 4. The van der Waals surface area contributed by atoms with E-state index in [0.717, 1.165) is 42.5 Å². The molecule has 0 heterocycles. The van der Waals surface area contributed by atoms with Gasteiger partial charge in [0.2, 0.25) is 0 Å². The number of sulfonamides is 1. The van der Waals surface area contributed by atoms with Crippen LogP contribution in [0.15, 0.2) is 47.4 Å². The third kappa shape index (κ3) is 3.43. The second kappa shape index (κ2) is 6.16. The SMILES string of the molecule is O=C(NNS(=O)(=O)c1c(F)cccc1F)c1ccc(F)cc1. The Morgan fingerprint density at radius 2 is 1.45 bits per heavy atom. The first-order valence-corrected chi connectivity index (χ1v) is 7.31. The van der Waals surface area contributed by atoms with Gasteiger partial charge in [-0.1, -0.05) is 6.07 Å². The second-order valence-electron chi connectivity index (χ2n) is 4.12. The second-order valence-corrected chi connectivity index (χ2v) is 5.74. The molecule has 22 heavy (non-hydrogen) atoms. The molecule has 0 aliphatic carbocycles. The smallest absolute Gasteiger partial charge is 0.266 e. The van der Waals surface area contributed by atoms with E-state index in [9.17, 15) is 26.4 Å². The molecule has 2 N–H and O–H groups in total. The Bertz CT molecular complexity index is 788. The minimum absolute atomic E-state index is 0.0434. The Labute approximate surface area is 123 Å². The molecule has 0 aromatic heterocycles. The lowest BCUT2D eigenvalue weighted by Crippen LogP contribution is -2.42. The minimum atomic E-state index is -4.64.